The molecule has 2 heterocycles. The molecule has 1 fully saturated rings. The van der Waals surface area contributed by atoms with E-state index < -0.39 is 43.2 Å². The number of fused-ring (bicyclic) bond motifs is 1. The highest BCUT2D eigenvalue weighted by atomic mass is 32.2. The summed E-state index contributed by atoms with van der Waals surface area (Å²) in [7, 11) is -6.69. The third-order valence-corrected chi connectivity index (χ3v) is 11.6. The maximum absolute atomic E-state index is 13.0. The minimum Gasteiger partial charge on any atom is -0.504 e. The van der Waals surface area contributed by atoms with E-state index >= 15 is 0 Å². The van der Waals surface area contributed by atoms with Crippen molar-refractivity contribution in [2.45, 2.75) is 35.1 Å². The van der Waals surface area contributed by atoms with Gasteiger partial charge in [0.2, 0.25) is 15.9 Å². The molecule has 1 unspecified atom stereocenters. The fourth-order valence-electron chi connectivity index (χ4n) is 5.28. The van der Waals surface area contributed by atoms with Crippen molar-refractivity contribution in [3.8, 4) is 23.0 Å². The van der Waals surface area contributed by atoms with E-state index in [-0.39, 0.29) is 22.9 Å². The number of anilines is 2. The maximum atomic E-state index is 13.0. The van der Waals surface area contributed by atoms with Crippen molar-refractivity contribution in [2.24, 2.45) is 0 Å². The summed E-state index contributed by atoms with van der Waals surface area (Å²) in [6, 6.07) is 23.3. The average molecular weight is 652 g/mol. The molecule has 0 bridgehead atoms. The Morgan fingerprint density at radius 2 is 1.36 bits per heavy atom. The Morgan fingerprint density at radius 3 is 2.02 bits per heavy atom. The largest absolute Gasteiger partial charge is 0.504 e. The number of carbonyl (C=O) groups excluding carboxylic acids is 1. The lowest BCUT2D eigenvalue weighted by Crippen LogP contribution is -2.43. The summed E-state index contributed by atoms with van der Waals surface area (Å²) in [5.74, 6) is 2.02. The molecule has 0 spiro atoms. The van der Waals surface area contributed by atoms with Gasteiger partial charge in [-0.15, -0.1) is 0 Å². The van der Waals surface area contributed by atoms with Crippen LogP contribution in [0.3, 0.4) is 0 Å². The topological polar surface area (TPSA) is 168 Å². The first-order valence-electron chi connectivity index (χ1n) is 14.0. The molecule has 13 heteroatoms. The number of phenolic OH excluding ortho intramolecular Hbond substituents is 4. The Morgan fingerprint density at radius 1 is 0.756 bits per heavy atom. The first kappa shape index (κ1) is 31.7. The first-order chi connectivity index (χ1) is 21.4. The Hall–Kier alpha value is -4.72. The molecule has 2 aliphatic heterocycles. The van der Waals surface area contributed by atoms with E-state index in [1.807, 2.05) is 30.3 Å². The summed E-state index contributed by atoms with van der Waals surface area (Å²) in [4.78, 5) is 12.8. The zero-order chi connectivity index (χ0) is 32.4. The molecule has 0 aliphatic carbocycles. The number of phenols is 4. The van der Waals surface area contributed by atoms with E-state index in [1.165, 1.54) is 24.3 Å². The van der Waals surface area contributed by atoms with Gasteiger partial charge >= 0.3 is 0 Å². The predicted molar refractivity (Wildman–Crippen MR) is 173 cm³/mol. The molecule has 4 aromatic rings. The minimum absolute atomic E-state index is 0.165. The SMILES string of the molecule is C=S(=O)(c1ccc(O)c(O)c1)N1CCc2ccccc21.O=C(Nc1ccccc1)[C@@H]1CCCN1S(=O)(=O)c1ccc(O)c(O)c1. The molecule has 236 valence electrons. The number of hydrogen-bond donors (Lipinski definition) is 5. The van der Waals surface area contributed by atoms with Crippen molar-refractivity contribution in [3.05, 3.63) is 96.6 Å². The molecule has 11 nitrogen and oxygen atoms in total. The van der Waals surface area contributed by atoms with Crippen LogP contribution in [0.25, 0.3) is 0 Å². The Bertz CT molecular complexity index is 1930. The highest BCUT2D eigenvalue weighted by molar-refractivity contribution is 8.01. The van der Waals surface area contributed by atoms with Gasteiger partial charge in [0, 0.05) is 30.9 Å². The zero-order valence-electron chi connectivity index (χ0n) is 24.1. The summed E-state index contributed by atoms with van der Waals surface area (Å²) >= 11 is 0. The van der Waals surface area contributed by atoms with Crippen LogP contribution in [-0.4, -0.2) is 68.3 Å². The van der Waals surface area contributed by atoms with Gasteiger partial charge in [-0.1, -0.05) is 36.4 Å². The smallest absolute Gasteiger partial charge is 0.243 e. The second kappa shape index (κ2) is 12.7. The number of aromatic hydroxyl groups is 4. The number of rotatable bonds is 6. The van der Waals surface area contributed by atoms with Crippen molar-refractivity contribution in [1.82, 2.24) is 4.31 Å². The van der Waals surface area contributed by atoms with Crippen molar-refractivity contribution < 1.29 is 37.8 Å². The van der Waals surface area contributed by atoms with Crippen LogP contribution in [0.15, 0.2) is 101 Å². The number of benzene rings is 4. The lowest BCUT2D eigenvalue weighted by molar-refractivity contribution is -0.119. The van der Waals surface area contributed by atoms with Gasteiger partial charge < -0.3 is 25.7 Å². The molecule has 1 amide bonds. The molecular formula is C32H33N3O8S2. The molecule has 0 saturated carbocycles. The number of carbonyl (C=O) groups is 1. The summed E-state index contributed by atoms with van der Waals surface area (Å²) in [6.45, 7) is 0.847. The lowest BCUT2D eigenvalue weighted by Gasteiger charge is -2.24. The molecule has 1 saturated heterocycles. The standard InChI is InChI=1S/C17H18N2O5S.C15H15NO3S/c20-15-9-8-13(11-16(15)21)25(23,24)19-10-4-7-14(19)17(22)18-12-5-2-1-3-6-12;1-20(19,12-6-7-14(17)15(18)10-12)16-9-8-11-4-2-3-5-13(11)16/h1-3,5-6,8-9,11,14,20-21H,4,7,10H2,(H,18,22);2-7,10,17-18H,1,8-9H2/t14-;/m0./s1. The number of nitrogens with one attached hydrogen (secondary N) is 1. The molecule has 2 aliphatic rings. The number of hydrogen-bond acceptors (Lipinski definition) is 8. The van der Waals surface area contributed by atoms with Crippen LogP contribution in [-0.2, 0) is 30.9 Å². The normalized spacial score (nSPS) is 17.5. The van der Waals surface area contributed by atoms with E-state index in [9.17, 15) is 37.8 Å². The van der Waals surface area contributed by atoms with Gasteiger partial charge in [-0.25, -0.2) is 12.6 Å². The van der Waals surface area contributed by atoms with E-state index in [2.05, 4.69) is 11.2 Å². The minimum atomic E-state index is -3.96. The van der Waals surface area contributed by atoms with Gasteiger partial charge in [-0.3, -0.25) is 9.10 Å². The van der Waals surface area contributed by atoms with E-state index in [0.717, 1.165) is 34.1 Å². The van der Waals surface area contributed by atoms with Crippen LogP contribution in [0.1, 0.15) is 18.4 Å². The molecule has 4 aromatic carbocycles. The number of para-hydroxylation sites is 2. The second-order valence-electron chi connectivity index (χ2n) is 10.6. The Balaban J connectivity index is 0.000000182. The van der Waals surface area contributed by atoms with Gasteiger partial charge in [-0.05, 0) is 73.2 Å². The van der Waals surface area contributed by atoms with Crippen molar-refractivity contribution in [3.63, 3.8) is 0 Å². The van der Waals surface area contributed by atoms with Crippen molar-refractivity contribution in [1.29, 1.82) is 0 Å². The fourth-order valence-corrected chi connectivity index (χ4v) is 8.67. The van der Waals surface area contributed by atoms with Crippen LogP contribution in [0, 0.1) is 0 Å². The van der Waals surface area contributed by atoms with Crippen LogP contribution < -0.4 is 9.62 Å². The van der Waals surface area contributed by atoms with Gasteiger partial charge in [0.05, 0.1) is 25.2 Å². The number of nitrogens with zero attached hydrogens (tertiary/aromatic N) is 2. The van der Waals surface area contributed by atoms with Gasteiger partial charge in [0.25, 0.3) is 0 Å². The summed E-state index contributed by atoms with van der Waals surface area (Å²) < 4.78 is 41.6. The Labute approximate surface area is 261 Å². The van der Waals surface area contributed by atoms with Crippen molar-refractivity contribution >= 4 is 42.9 Å². The van der Waals surface area contributed by atoms with E-state index in [1.54, 1.807) is 28.6 Å². The highest BCUT2D eigenvalue weighted by Gasteiger charge is 2.39. The molecule has 5 N–H and O–H groups in total. The predicted octanol–water partition coefficient (Wildman–Crippen LogP) is 4.04. The fraction of sp³-hybridized carbons (Fsp3) is 0.188. The summed E-state index contributed by atoms with van der Waals surface area (Å²) in [5, 5.41) is 40.6. The van der Waals surface area contributed by atoms with Gasteiger partial charge in [0.15, 0.2) is 23.0 Å². The summed E-state index contributed by atoms with van der Waals surface area (Å²) in [5.41, 5.74) is 2.66. The van der Waals surface area contributed by atoms with Gasteiger partial charge in [0.1, 0.15) is 6.04 Å². The van der Waals surface area contributed by atoms with Crippen LogP contribution in [0.5, 0.6) is 23.0 Å². The summed E-state index contributed by atoms with van der Waals surface area (Å²) in [6.07, 6.45) is 1.81. The second-order valence-corrected chi connectivity index (χ2v) is 14.6. The molecule has 6 rings (SSSR count). The molecule has 45 heavy (non-hydrogen) atoms. The average Bonchev–Trinajstić information content (AvgIpc) is 3.70. The number of amides is 1. The van der Waals surface area contributed by atoms with Crippen molar-refractivity contribution in [2.75, 3.05) is 22.7 Å². The quantitative estimate of drug-likeness (QED) is 0.154. The lowest BCUT2D eigenvalue weighted by atomic mass is 10.2. The number of sulfonamides is 1. The molecule has 0 radical (unpaired) electrons. The maximum Gasteiger partial charge on any atom is 0.243 e. The van der Waals surface area contributed by atoms with Crippen LogP contribution in [0.2, 0.25) is 0 Å². The highest BCUT2D eigenvalue weighted by Crippen LogP contribution is 2.35. The zero-order valence-corrected chi connectivity index (χ0v) is 25.7. The van der Waals surface area contributed by atoms with Crippen LogP contribution in [0.4, 0.5) is 11.4 Å². The molecule has 2 atom stereocenters. The van der Waals surface area contributed by atoms with Gasteiger partial charge in [-0.2, -0.15) is 4.31 Å². The molecule has 0 aromatic heterocycles. The first-order valence-corrected chi connectivity index (χ1v) is 17.2. The third-order valence-electron chi connectivity index (χ3n) is 7.62. The Kier molecular flexibility index (Phi) is 8.96. The molecular weight excluding hydrogens is 618 g/mol. The van der Waals surface area contributed by atoms with E-state index in [4.69, 9.17) is 0 Å². The van der Waals surface area contributed by atoms with Crippen LogP contribution >= 0.6 is 0 Å². The third kappa shape index (κ3) is 6.55. The van der Waals surface area contributed by atoms with E-state index in [0.29, 0.717) is 30.0 Å². The monoisotopic (exact) mass is 651 g/mol.